The van der Waals surface area contributed by atoms with Gasteiger partial charge in [-0.15, -0.1) is 0 Å². The Bertz CT molecular complexity index is 336. The van der Waals surface area contributed by atoms with Crippen LogP contribution in [0.25, 0.3) is 0 Å². The monoisotopic (exact) mass is 181 g/mol. The first kappa shape index (κ1) is 9.47. The van der Waals surface area contributed by atoms with E-state index in [4.69, 9.17) is 11.5 Å². The van der Waals surface area contributed by atoms with E-state index in [1.165, 1.54) is 18.2 Å². The number of nitrogen functional groups attached to an aromatic ring is 1. The molecule has 0 aromatic heterocycles. The maximum Gasteiger partial charge on any atom is 0.269 e. The van der Waals surface area contributed by atoms with Gasteiger partial charge in [-0.1, -0.05) is 0 Å². The molecule has 1 atom stereocenters. The van der Waals surface area contributed by atoms with Crippen molar-refractivity contribution in [2.75, 3.05) is 5.73 Å². The van der Waals surface area contributed by atoms with Gasteiger partial charge in [0.2, 0.25) is 0 Å². The van der Waals surface area contributed by atoms with Gasteiger partial charge < -0.3 is 11.5 Å². The van der Waals surface area contributed by atoms with Crippen molar-refractivity contribution in [1.82, 2.24) is 0 Å². The molecule has 1 rings (SSSR count). The van der Waals surface area contributed by atoms with Crippen LogP contribution in [0.15, 0.2) is 18.2 Å². The average Bonchev–Trinajstić information content (AvgIpc) is 2.04. The molecule has 0 bridgehead atoms. The number of nitro groups is 1. The maximum absolute atomic E-state index is 10.4. The average molecular weight is 181 g/mol. The fraction of sp³-hybridized carbons (Fsp3) is 0.250. The lowest BCUT2D eigenvalue weighted by Gasteiger charge is -2.08. The van der Waals surface area contributed by atoms with Crippen molar-refractivity contribution in [2.45, 2.75) is 13.0 Å². The van der Waals surface area contributed by atoms with Crippen LogP contribution in [0.3, 0.4) is 0 Å². The molecule has 0 aliphatic rings. The zero-order chi connectivity index (χ0) is 10.0. The fourth-order valence-electron chi connectivity index (χ4n) is 1.07. The third kappa shape index (κ3) is 1.94. The highest BCUT2D eigenvalue weighted by Crippen LogP contribution is 2.23. The number of hydrogen-bond acceptors (Lipinski definition) is 4. The Hall–Kier alpha value is -1.62. The van der Waals surface area contributed by atoms with E-state index in [9.17, 15) is 10.1 Å². The second kappa shape index (κ2) is 3.40. The zero-order valence-corrected chi connectivity index (χ0v) is 7.23. The number of rotatable bonds is 2. The minimum Gasteiger partial charge on any atom is -0.398 e. The predicted octanol–water partition coefficient (Wildman–Crippen LogP) is 1.20. The summed E-state index contributed by atoms with van der Waals surface area (Å²) in [6.07, 6.45) is 0. The summed E-state index contributed by atoms with van der Waals surface area (Å²) < 4.78 is 0. The van der Waals surface area contributed by atoms with Crippen LogP contribution in [0.2, 0.25) is 0 Å². The molecule has 0 saturated carbocycles. The van der Waals surface area contributed by atoms with Crippen LogP contribution in [-0.4, -0.2) is 4.92 Å². The number of hydrogen-bond donors (Lipinski definition) is 2. The highest BCUT2D eigenvalue weighted by molar-refractivity contribution is 5.53. The van der Waals surface area contributed by atoms with Crippen molar-refractivity contribution >= 4 is 11.4 Å². The van der Waals surface area contributed by atoms with E-state index in [0.29, 0.717) is 11.3 Å². The Morgan fingerprint density at radius 2 is 2.15 bits per heavy atom. The van der Waals surface area contributed by atoms with Gasteiger partial charge in [0.05, 0.1) is 4.92 Å². The van der Waals surface area contributed by atoms with Crippen LogP contribution in [0.1, 0.15) is 18.5 Å². The molecular weight excluding hydrogens is 170 g/mol. The second-order valence-electron chi connectivity index (χ2n) is 2.86. The molecule has 0 saturated heterocycles. The number of nitrogens with two attached hydrogens (primary N) is 2. The van der Waals surface area contributed by atoms with Gasteiger partial charge in [0, 0.05) is 23.9 Å². The summed E-state index contributed by atoms with van der Waals surface area (Å²) >= 11 is 0. The lowest BCUT2D eigenvalue weighted by Crippen LogP contribution is -2.08. The lowest BCUT2D eigenvalue weighted by molar-refractivity contribution is -0.384. The van der Waals surface area contributed by atoms with E-state index in [1.807, 2.05) is 0 Å². The maximum atomic E-state index is 10.4. The van der Waals surface area contributed by atoms with E-state index in [0.717, 1.165) is 0 Å². The van der Waals surface area contributed by atoms with E-state index >= 15 is 0 Å². The van der Waals surface area contributed by atoms with E-state index in [1.54, 1.807) is 6.92 Å². The quantitative estimate of drug-likeness (QED) is 0.407. The van der Waals surface area contributed by atoms with Crippen LogP contribution in [0.5, 0.6) is 0 Å². The van der Waals surface area contributed by atoms with Crippen LogP contribution in [0, 0.1) is 10.1 Å². The van der Waals surface area contributed by atoms with Crippen LogP contribution in [0.4, 0.5) is 11.4 Å². The molecule has 0 fully saturated rings. The van der Waals surface area contributed by atoms with Crippen molar-refractivity contribution in [2.24, 2.45) is 5.73 Å². The summed E-state index contributed by atoms with van der Waals surface area (Å²) in [5.41, 5.74) is 12.3. The van der Waals surface area contributed by atoms with Gasteiger partial charge in [-0.05, 0) is 18.6 Å². The van der Waals surface area contributed by atoms with E-state index in [-0.39, 0.29) is 11.7 Å². The van der Waals surface area contributed by atoms with Gasteiger partial charge in [-0.3, -0.25) is 10.1 Å². The van der Waals surface area contributed by atoms with Crippen molar-refractivity contribution < 1.29 is 4.92 Å². The summed E-state index contributed by atoms with van der Waals surface area (Å²) in [5, 5.41) is 10.4. The molecule has 5 nitrogen and oxygen atoms in total. The molecule has 1 aromatic rings. The summed E-state index contributed by atoms with van der Waals surface area (Å²) in [7, 11) is 0. The third-order valence-corrected chi connectivity index (χ3v) is 1.77. The summed E-state index contributed by atoms with van der Waals surface area (Å²) in [4.78, 5) is 9.94. The predicted molar refractivity (Wildman–Crippen MR) is 50.1 cm³/mol. The summed E-state index contributed by atoms with van der Waals surface area (Å²) in [5.74, 6) is 0. The number of non-ortho nitro benzene ring substituents is 1. The normalized spacial score (nSPS) is 12.5. The lowest BCUT2D eigenvalue weighted by atomic mass is 10.1. The van der Waals surface area contributed by atoms with Crippen molar-refractivity contribution in [3.05, 3.63) is 33.9 Å². The van der Waals surface area contributed by atoms with Crippen LogP contribution in [-0.2, 0) is 0 Å². The van der Waals surface area contributed by atoms with Gasteiger partial charge in [-0.2, -0.15) is 0 Å². The highest BCUT2D eigenvalue weighted by Gasteiger charge is 2.11. The molecule has 0 aliphatic heterocycles. The third-order valence-electron chi connectivity index (χ3n) is 1.77. The highest BCUT2D eigenvalue weighted by atomic mass is 16.6. The fourth-order valence-corrected chi connectivity index (χ4v) is 1.07. The number of nitrogens with zero attached hydrogens (tertiary/aromatic N) is 1. The minimum absolute atomic E-state index is 0.0153. The smallest absolute Gasteiger partial charge is 0.269 e. The molecule has 0 aliphatic carbocycles. The molecule has 0 spiro atoms. The Labute approximate surface area is 75.5 Å². The molecule has 13 heavy (non-hydrogen) atoms. The molecular formula is C8H11N3O2. The molecule has 5 heteroatoms. The molecule has 0 unspecified atom stereocenters. The first-order valence-electron chi connectivity index (χ1n) is 3.81. The van der Waals surface area contributed by atoms with E-state index in [2.05, 4.69) is 0 Å². The van der Waals surface area contributed by atoms with Crippen LogP contribution < -0.4 is 11.5 Å². The van der Waals surface area contributed by atoms with E-state index < -0.39 is 4.92 Å². The summed E-state index contributed by atoms with van der Waals surface area (Å²) in [6.45, 7) is 1.73. The Morgan fingerprint density at radius 3 is 2.62 bits per heavy atom. The molecule has 0 radical (unpaired) electrons. The minimum atomic E-state index is -0.467. The van der Waals surface area contributed by atoms with Gasteiger partial charge in [0.1, 0.15) is 0 Å². The number of nitro benzene ring substituents is 1. The standard InChI is InChI=1S/C8H11N3O2/c1-5(9)7-4-6(11(12)13)2-3-8(7)10/h2-5H,9-10H2,1H3/t5-/m1/s1. The molecule has 1 aromatic carbocycles. The first-order chi connectivity index (χ1) is 6.02. The Kier molecular flexibility index (Phi) is 2.48. The van der Waals surface area contributed by atoms with Crippen molar-refractivity contribution in [3.63, 3.8) is 0 Å². The van der Waals surface area contributed by atoms with Gasteiger partial charge in [0.25, 0.3) is 5.69 Å². The zero-order valence-electron chi connectivity index (χ0n) is 7.23. The Morgan fingerprint density at radius 1 is 1.54 bits per heavy atom. The van der Waals surface area contributed by atoms with Gasteiger partial charge in [-0.25, -0.2) is 0 Å². The first-order valence-corrected chi connectivity index (χ1v) is 3.81. The topological polar surface area (TPSA) is 95.2 Å². The molecule has 70 valence electrons. The Balaban J connectivity index is 3.19. The molecule has 0 amide bonds. The largest absolute Gasteiger partial charge is 0.398 e. The second-order valence-corrected chi connectivity index (χ2v) is 2.86. The summed E-state index contributed by atoms with van der Waals surface area (Å²) in [6, 6.07) is 3.97. The van der Waals surface area contributed by atoms with Crippen molar-refractivity contribution in [3.8, 4) is 0 Å². The molecule has 0 heterocycles. The number of anilines is 1. The van der Waals surface area contributed by atoms with Crippen LogP contribution >= 0.6 is 0 Å². The van der Waals surface area contributed by atoms with Gasteiger partial charge >= 0.3 is 0 Å². The SMILES string of the molecule is C[C@@H](N)c1cc([N+](=O)[O-])ccc1N. The van der Waals surface area contributed by atoms with Crippen molar-refractivity contribution in [1.29, 1.82) is 0 Å². The van der Waals surface area contributed by atoms with Gasteiger partial charge in [0.15, 0.2) is 0 Å². The molecule has 4 N–H and O–H groups in total. The number of benzene rings is 1.